The van der Waals surface area contributed by atoms with Crippen LogP contribution in [-0.4, -0.2) is 35.2 Å². The van der Waals surface area contributed by atoms with Crippen molar-refractivity contribution in [1.82, 2.24) is 5.32 Å². The molecule has 0 radical (unpaired) electrons. The molecule has 0 bridgehead atoms. The number of aliphatic hydroxyl groups is 2. The Morgan fingerprint density at radius 3 is 2.44 bits per heavy atom. The molecule has 0 saturated heterocycles. The number of amides is 1. The number of Topliss-reactive ketones (excluding diaryl/α,β-unsaturated/α-hetero) is 1. The van der Waals surface area contributed by atoms with E-state index in [4.69, 9.17) is 10.2 Å². The molecule has 5 nitrogen and oxygen atoms in total. The number of aliphatic hydroxyl groups excluding tert-OH is 1. The van der Waals surface area contributed by atoms with Crippen molar-refractivity contribution in [3.05, 3.63) is 34.6 Å². The highest BCUT2D eigenvalue weighted by molar-refractivity contribution is 6.01. The number of hydrogen-bond donors (Lipinski definition) is 3. The van der Waals surface area contributed by atoms with Gasteiger partial charge in [-0.3, -0.25) is 9.59 Å². The fourth-order valence-corrected chi connectivity index (χ4v) is 1.62. The second-order valence-electron chi connectivity index (χ2n) is 3.66. The fraction of sp³-hybridized carbons (Fsp3) is 0.333. The zero-order valence-electron chi connectivity index (χ0n) is 10.0. The van der Waals surface area contributed by atoms with Crippen LogP contribution in [0.2, 0.25) is 0 Å². The van der Waals surface area contributed by atoms with Gasteiger partial charge in [-0.1, -0.05) is 6.92 Å². The molecule has 1 aromatic carbocycles. The van der Waals surface area contributed by atoms with Crippen LogP contribution in [0.1, 0.15) is 33.2 Å². The molecule has 3 N–H and O–H groups in total. The summed E-state index contributed by atoms with van der Waals surface area (Å²) in [7, 11) is 1.41. The minimum Gasteiger partial charge on any atom is -0.362 e. The van der Waals surface area contributed by atoms with E-state index < -0.39 is 23.8 Å². The summed E-state index contributed by atoms with van der Waals surface area (Å²) in [6.45, 7) is 1.67. The van der Waals surface area contributed by atoms with Crippen LogP contribution in [-0.2, 0) is 6.42 Å². The van der Waals surface area contributed by atoms with Crippen molar-refractivity contribution in [2.75, 3.05) is 7.05 Å². The summed E-state index contributed by atoms with van der Waals surface area (Å²) in [6, 6.07) is 2.26. The monoisotopic (exact) mass is 255 g/mol. The number of aryl methyl sites for hydroxylation is 1. The second-order valence-corrected chi connectivity index (χ2v) is 3.66. The van der Waals surface area contributed by atoms with E-state index in [0.29, 0.717) is 0 Å². The van der Waals surface area contributed by atoms with Gasteiger partial charge in [-0.05, 0) is 24.1 Å². The van der Waals surface area contributed by atoms with E-state index in [1.807, 2.05) is 0 Å². The van der Waals surface area contributed by atoms with Gasteiger partial charge in [-0.2, -0.15) is 0 Å². The number of halogens is 1. The molecule has 0 aromatic heterocycles. The van der Waals surface area contributed by atoms with Crippen LogP contribution in [0.4, 0.5) is 4.39 Å². The smallest absolute Gasteiger partial charge is 0.251 e. The first-order valence-corrected chi connectivity index (χ1v) is 5.37. The summed E-state index contributed by atoms with van der Waals surface area (Å²) in [5.41, 5.74) is -0.0531. The lowest BCUT2D eigenvalue weighted by Crippen LogP contribution is -2.24. The van der Waals surface area contributed by atoms with Gasteiger partial charge in [0.1, 0.15) is 5.82 Å². The first-order valence-electron chi connectivity index (χ1n) is 5.37. The van der Waals surface area contributed by atoms with Gasteiger partial charge < -0.3 is 15.5 Å². The number of carbonyl (C=O) groups is 2. The Hall–Kier alpha value is -1.79. The first kappa shape index (κ1) is 14.3. The summed E-state index contributed by atoms with van der Waals surface area (Å²) < 4.78 is 13.8. The van der Waals surface area contributed by atoms with Gasteiger partial charge in [0.2, 0.25) is 12.1 Å². The molecule has 0 aliphatic heterocycles. The van der Waals surface area contributed by atoms with Crippen molar-refractivity contribution in [1.29, 1.82) is 0 Å². The summed E-state index contributed by atoms with van der Waals surface area (Å²) in [5, 5.41) is 19.9. The zero-order valence-corrected chi connectivity index (χ0v) is 10.0. The largest absolute Gasteiger partial charge is 0.362 e. The van der Waals surface area contributed by atoms with Gasteiger partial charge in [0.25, 0.3) is 5.91 Å². The second kappa shape index (κ2) is 5.70. The molecule has 1 amide bonds. The number of benzene rings is 1. The van der Waals surface area contributed by atoms with Gasteiger partial charge in [0.05, 0.1) is 5.56 Å². The van der Waals surface area contributed by atoms with E-state index in [0.717, 1.165) is 6.07 Å². The maximum atomic E-state index is 13.8. The van der Waals surface area contributed by atoms with E-state index in [9.17, 15) is 14.0 Å². The molecule has 0 aliphatic rings. The summed E-state index contributed by atoms with van der Waals surface area (Å²) in [6.07, 6.45) is -1.98. The molecule has 98 valence electrons. The highest BCUT2D eigenvalue weighted by Gasteiger charge is 2.23. The molecule has 0 heterocycles. The van der Waals surface area contributed by atoms with Crippen molar-refractivity contribution in [3.63, 3.8) is 0 Å². The van der Waals surface area contributed by atoms with Crippen LogP contribution in [0.15, 0.2) is 12.1 Å². The fourth-order valence-electron chi connectivity index (χ4n) is 1.62. The number of nitrogens with one attached hydrogen (secondary N) is 1. The quantitative estimate of drug-likeness (QED) is 0.531. The Bertz CT molecular complexity index is 485. The molecule has 0 aliphatic carbocycles. The van der Waals surface area contributed by atoms with E-state index in [1.165, 1.54) is 13.1 Å². The van der Waals surface area contributed by atoms with Crippen LogP contribution in [0.3, 0.4) is 0 Å². The average molecular weight is 255 g/mol. The average Bonchev–Trinajstić information content (AvgIpc) is 2.35. The van der Waals surface area contributed by atoms with Crippen LogP contribution in [0.25, 0.3) is 0 Å². The third-order valence-electron chi connectivity index (χ3n) is 2.52. The van der Waals surface area contributed by atoms with Gasteiger partial charge in [0.15, 0.2) is 0 Å². The Labute approximate surface area is 103 Å². The zero-order chi connectivity index (χ0) is 13.9. The number of rotatable bonds is 4. The van der Waals surface area contributed by atoms with Crippen LogP contribution in [0.5, 0.6) is 0 Å². The maximum absolute atomic E-state index is 13.8. The normalized spacial score (nSPS) is 10.6. The first-order chi connectivity index (χ1) is 8.42. The molecule has 0 spiro atoms. The van der Waals surface area contributed by atoms with Crippen molar-refractivity contribution in [2.45, 2.75) is 19.6 Å². The molecular weight excluding hydrogens is 241 g/mol. The molecule has 0 fully saturated rings. The lowest BCUT2D eigenvalue weighted by molar-refractivity contribution is -0.0198. The lowest BCUT2D eigenvalue weighted by atomic mass is 9.97. The Morgan fingerprint density at radius 2 is 2.00 bits per heavy atom. The molecular formula is C12H14FNO4. The Morgan fingerprint density at radius 1 is 1.39 bits per heavy atom. The van der Waals surface area contributed by atoms with E-state index >= 15 is 0 Å². The van der Waals surface area contributed by atoms with Crippen molar-refractivity contribution >= 4 is 11.7 Å². The SMILES string of the molecule is CCc1cc(C(=O)NC)cc(F)c1C(=O)C(O)O. The Balaban J connectivity index is 3.37. The highest BCUT2D eigenvalue weighted by Crippen LogP contribution is 2.19. The molecule has 1 rings (SSSR count). The third-order valence-corrected chi connectivity index (χ3v) is 2.52. The van der Waals surface area contributed by atoms with Crippen molar-refractivity contribution in [2.24, 2.45) is 0 Å². The predicted molar refractivity (Wildman–Crippen MR) is 61.7 cm³/mol. The third kappa shape index (κ3) is 2.72. The van der Waals surface area contributed by atoms with Crippen molar-refractivity contribution in [3.8, 4) is 0 Å². The summed E-state index contributed by atoms with van der Waals surface area (Å²) >= 11 is 0. The van der Waals surface area contributed by atoms with E-state index in [-0.39, 0.29) is 23.1 Å². The van der Waals surface area contributed by atoms with E-state index in [2.05, 4.69) is 5.32 Å². The van der Waals surface area contributed by atoms with Crippen molar-refractivity contribution < 1.29 is 24.2 Å². The number of carbonyl (C=O) groups excluding carboxylic acids is 2. The minimum atomic E-state index is -2.27. The summed E-state index contributed by atoms with van der Waals surface area (Å²) in [4.78, 5) is 22.8. The molecule has 0 saturated carbocycles. The number of hydrogen-bond acceptors (Lipinski definition) is 4. The van der Waals surface area contributed by atoms with Crippen LogP contribution in [0, 0.1) is 5.82 Å². The Kier molecular flexibility index (Phi) is 4.52. The van der Waals surface area contributed by atoms with Gasteiger partial charge in [0, 0.05) is 12.6 Å². The van der Waals surface area contributed by atoms with E-state index in [1.54, 1.807) is 6.92 Å². The van der Waals surface area contributed by atoms with Crippen LogP contribution < -0.4 is 5.32 Å². The highest BCUT2D eigenvalue weighted by atomic mass is 19.1. The predicted octanol–water partition coefficient (Wildman–Crippen LogP) is 0.241. The molecule has 0 atom stereocenters. The topological polar surface area (TPSA) is 86.6 Å². The maximum Gasteiger partial charge on any atom is 0.251 e. The molecule has 0 unspecified atom stereocenters. The van der Waals surface area contributed by atoms with Gasteiger partial charge in [-0.15, -0.1) is 0 Å². The summed E-state index contributed by atoms with van der Waals surface area (Å²) in [5.74, 6) is -2.54. The molecule has 18 heavy (non-hydrogen) atoms. The van der Waals surface area contributed by atoms with Gasteiger partial charge in [-0.25, -0.2) is 4.39 Å². The molecule has 6 heteroatoms. The number of ketones is 1. The molecule has 1 aromatic rings. The van der Waals surface area contributed by atoms with Crippen LogP contribution >= 0.6 is 0 Å². The van der Waals surface area contributed by atoms with Gasteiger partial charge >= 0.3 is 0 Å². The minimum absolute atomic E-state index is 0.0795. The standard InChI is InChI=1S/C12H14FNO4/c1-3-6-4-7(11(16)14-2)5-8(13)9(6)10(15)12(17)18/h4-5,12,17-18H,3H2,1-2H3,(H,14,16). The lowest BCUT2D eigenvalue weighted by Gasteiger charge is -2.11.